The van der Waals surface area contributed by atoms with Crippen molar-refractivity contribution in [3.63, 3.8) is 0 Å². The van der Waals surface area contributed by atoms with Crippen LogP contribution in [0.1, 0.15) is 52.5 Å². The Labute approximate surface area is 177 Å². The number of benzene rings is 2. The monoisotopic (exact) mass is 408 g/mol. The van der Waals surface area contributed by atoms with Crippen molar-refractivity contribution in [1.29, 1.82) is 0 Å². The van der Waals surface area contributed by atoms with Crippen molar-refractivity contribution in [2.45, 2.75) is 53.3 Å². The maximum atomic E-state index is 13.1. The molecule has 1 atom stereocenters. The van der Waals surface area contributed by atoms with E-state index in [0.717, 1.165) is 28.4 Å². The van der Waals surface area contributed by atoms with E-state index in [-0.39, 0.29) is 11.9 Å². The van der Waals surface area contributed by atoms with Gasteiger partial charge in [0.05, 0.1) is 12.2 Å². The summed E-state index contributed by atoms with van der Waals surface area (Å²) in [4.78, 5) is 19.7. The molecule has 0 unspecified atom stereocenters. The van der Waals surface area contributed by atoms with Crippen LogP contribution in [0.3, 0.4) is 0 Å². The maximum Gasteiger partial charge on any atom is 0.254 e. The molecular weight excluding hydrogens is 380 g/mol. The van der Waals surface area contributed by atoms with E-state index in [2.05, 4.69) is 13.8 Å². The smallest absolute Gasteiger partial charge is 0.254 e. The highest BCUT2D eigenvalue weighted by atomic mass is 32.1. The molecule has 0 bridgehead atoms. The van der Waals surface area contributed by atoms with Crippen LogP contribution in [0.15, 0.2) is 53.9 Å². The first-order valence-corrected chi connectivity index (χ1v) is 10.8. The molecule has 1 aromatic heterocycles. The Balaban J connectivity index is 1.68. The van der Waals surface area contributed by atoms with Crippen molar-refractivity contribution in [1.82, 2.24) is 9.88 Å². The largest absolute Gasteiger partial charge is 0.486 e. The summed E-state index contributed by atoms with van der Waals surface area (Å²) in [5.74, 6) is 0.891. The van der Waals surface area contributed by atoms with Crippen LogP contribution in [-0.4, -0.2) is 21.8 Å². The number of aromatic nitrogens is 1. The average molecular weight is 409 g/mol. The molecule has 0 aliphatic rings. The van der Waals surface area contributed by atoms with Gasteiger partial charge in [0, 0.05) is 17.0 Å². The first-order valence-electron chi connectivity index (χ1n) is 9.96. The third-order valence-electron chi connectivity index (χ3n) is 4.97. The normalized spacial score (nSPS) is 11.9. The Kier molecular flexibility index (Phi) is 7.04. The maximum absolute atomic E-state index is 13.1. The highest BCUT2D eigenvalue weighted by Gasteiger charge is 2.22. The van der Waals surface area contributed by atoms with Crippen LogP contribution in [0.4, 0.5) is 0 Å². The summed E-state index contributed by atoms with van der Waals surface area (Å²) >= 11 is 1.57. The van der Waals surface area contributed by atoms with Crippen LogP contribution in [0.25, 0.3) is 0 Å². The van der Waals surface area contributed by atoms with Crippen LogP contribution in [0.5, 0.6) is 5.75 Å². The van der Waals surface area contributed by atoms with Gasteiger partial charge >= 0.3 is 0 Å². The van der Waals surface area contributed by atoms with E-state index >= 15 is 0 Å². The van der Waals surface area contributed by atoms with Gasteiger partial charge in [-0.15, -0.1) is 11.3 Å². The van der Waals surface area contributed by atoms with Crippen molar-refractivity contribution in [2.75, 3.05) is 0 Å². The molecule has 29 heavy (non-hydrogen) atoms. The summed E-state index contributed by atoms with van der Waals surface area (Å²) in [7, 11) is 0. The van der Waals surface area contributed by atoms with Crippen molar-refractivity contribution in [3.05, 3.63) is 81.3 Å². The number of amides is 1. The number of carbonyl (C=O) groups excluding carboxylic acids is 1. The van der Waals surface area contributed by atoms with E-state index in [1.54, 1.807) is 11.3 Å². The lowest BCUT2D eigenvalue weighted by Gasteiger charge is -2.28. The minimum absolute atomic E-state index is 0.0462. The van der Waals surface area contributed by atoms with Gasteiger partial charge in [-0.3, -0.25) is 4.79 Å². The van der Waals surface area contributed by atoms with Crippen LogP contribution in [0.2, 0.25) is 0 Å². The zero-order chi connectivity index (χ0) is 20.8. The summed E-state index contributed by atoms with van der Waals surface area (Å²) in [6.45, 7) is 9.19. The zero-order valence-electron chi connectivity index (χ0n) is 17.5. The molecule has 0 saturated carbocycles. The Morgan fingerprint density at radius 2 is 1.90 bits per heavy atom. The summed E-state index contributed by atoms with van der Waals surface area (Å²) in [5, 5.41) is 2.93. The SMILES string of the molecule is CC[C@H](C)N(Cc1csc(COc2cccc(C)c2)n1)C(=O)c1ccc(C)cc1. The molecule has 0 aliphatic carbocycles. The van der Waals surface area contributed by atoms with Gasteiger partial charge in [0.1, 0.15) is 17.4 Å². The highest BCUT2D eigenvalue weighted by molar-refractivity contribution is 7.09. The van der Waals surface area contributed by atoms with Gasteiger partial charge in [0.15, 0.2) is 0 Å². The Morgan fingerprint density at radius 3 is 2.59 bits per heavy atom. The predicted molar refractivity (Wildman–Crippen MR) is 118 cm³/mol. The van der Waals surface area contributed by atoms with Crippen molar-refractivity contribution >= 4 is 17.2 Å². The first kappa shape index (κ1) is 21.1. The van der Waals surface area contributed by atoms with Crippen molar-refractivity contribution in [2.24, 2.45) is 0 Å². The van der Waals surface area contributed by atoms with E-state index in [9.17, 15) is 4.79 Å². The molecular formula is C24H28N2O2S. The molecule has 0 aliphatic heterocycles. The summed E-state index contributed by atoms with van der Waals surface area (Å²) in [6, 6.07) is 15.9. The van der Waals surface area contributed by atoms with E-state index in [1.165, 1.54) is 5.56 Å². The molecule has 0 spiro atoms. The van der Waals surface area contributed by atoms with Crippen LogP contribution in [0, 0.1) is 13.8 Å². The van der Waals surface area contributed by atoms with Gasteiger partial charge in [-0.25, -0.2) is 4.98 Å². The summed E-state index contributed by atoms with van der Waals surface area (Å²) in [6.07, 6.45) is 0.894. The number of hydrogen-bond acceptors (Lipinski definition) is 4. The van der Waals surface area contributed by atoms with Crippen molar-refractivity contribution < 1.29 is 9.53 Å². The van der Waals surface area contributed by atoms with E-state index < -0.39 is 0 Å². The molecule has 1 amide bonds. The zero-order valence-corrected chi connectivity index (χ0v) is 18.3. The molecule has 1 heterocycles. The minimum Gasteiger partial charge on any atom is -0.486 e. The van der Waals surface area contributed by atoms with Crippen LogP contribution >= 0.6 is 11.3 Å². The average Bonchev–Trinajstić information content (AvgIpc) is 3.17. The fraction of sp³-hybridized carbons (Fsp3) is 0.333. The quantitative estimate of drug-likeness (QED) is 0.474. The number of rotatable bonds is 8. The number of ether oxygens (including phenoxy) is 1. The van der Waals surface area contributed by atoms with Gasteiger partial charge in [-0.1, -0.05) is 36.8 Å². The number of hydrogen-bond donors (Lipinski definition) is 0. The second-order valence-corrected chi connectivity index (χ2v) is 8.34. The lowest BCUT2D eigenvalue weighted by molar-refractivity contribution is 0.0669. The van der Waals surface area contributed by atoms with Gasteiger partial charge in [-0.05, 0) is 57.0 Å². The van der Waals surface area contributed by atoms with Crippen molar-refractivity contribution in [3.8, 4) is 5.75 Å². The van der Waals surface area contributed by atoms with Crippen LogP contribution in [-0.2, 0) is 13.2 Å². The Bertz CT molecular complexity index is 950. The summed E-state index contributed by atoms with van der Waals surface area (Å²) < 4.78 is 5.86. The summed E-state index contributed by atoms with van der Waals surface area (Å²) in [5.41, 5.74) is 3.93. The molecule has 0 N–H and O–H groups in total. The molecule has 152 valence electrons. The van der Waals surface area contributed by atoms with Crippen LogP contribution < -0.4 is 4.74 Å². The van der Waals surface area contributed by atoms with Gasteiger partial charge in [-0.2, -0.15) is 0 Å². The second-order valence-electron chi connectivity index (χ2n) is 7.39. The topological polar surface area (TPSA) is 42.4 Å². The van der Waals surface area contributed by atoms with Gasteiger partial charge in [0.2, 0.25) is 0 Å². The third kappa shape index (κ3) is 5.67. The fourth-order valence-electron chi connectivity index (χ4n) is 3.02. The molecule has 3 aromatic rings. The van der Waals surface area contributed by atoms with E-state index in [0.29, 0.717) is 18.7 Å². The second kappa shape index (κ2) is 9.70. The van der Waals surface area contributed by atoms with E-state index in [1.807, 2.05) is 72.7 Å². The molecule has 0 fully saturated rings. The van der Waals surface area contributed by atoms with Gasteiger partial charge in [0.25, 0.3) is 5.91 Å². The minimum atomic E-state index is 0.0462. The Morgan fingerprint density at radius 1 is 1.14 bits per heavy atom. The predicted octanol–water partition coefficient (Wildman–Crippen LogP) is 5.78. The molecule has 4 nitrogen and oxygen atoms in total. The molecule has 2 aromatic carbocycles. The Hall–Kier alpha value is -2.66. The van der Waals surface area contributed by atoms with Gasteiger partial charge < -0.3 is 9.64 Å². The highest BCUT2D eigenvalue weighted by Crippen LogP contribution is 2.20. The standard InChI is InChI=1S/C24H28N2O2S/c1-5-19(4)26(24(27)20-11-9-17(2)10-12-20)14-21-16-29-23(25-21)15-28-22-8-6-7-18(3)13-22/h6-13,16,19H,5,14-15H2,1-4H3/t19-/m0/s1. The molecule has 0 saturated heterocycles. The number of aryl methyl sites for hydroxylation is 2. The number of thiazole rings is 1. The molecule has 3 rings (SSSR count). The molecule has 5 heteroatoms. The molecule has 0 radical (unpaired) electrons. The lowest BCUT2D eigenvalue weighted by Crippen LogP contribution is -2.37. The number of nitrogens with zero attached hydrogens (tertiary/aromatic N) is 2. The number of carbonyl (C=O) groups is 1. The lowest BCUT2D eigenvalue weighted by atomic mass is 10.1. The van der Waals surface area contributed by atoms with E-state index in [4.69, 9.17) is 9.72 Å². The first-order chi connectivity index (χ1) is 14.0. The fourth-order valence-corrected chi connectivity index (χ4v) is 3.72. The third-order valence-corrected chi connectivity index (χ3v) is 5.84.